The van der Waals surface area contributed by atoms with E-state index in [1.54, 1.807) is 0 Å². The fraction of sp³-hybridized carbons (Fsp3) is 0.562. The highest BCUT2D eigenvalue weighted by Crippen LogP contribution is 2.31. The number of nitrogens with one attached hydrogen (secondary N) is 1. The van der Waals surface area contributed by atoms with Crippen LogP contribution < -0.4 is 11.1 Å². The second kappa shape index (κ2) is 6.20. The Labute approximate surface area is 115 Å². The van der Waals surface area contributed by atoms with Gasteiger partial charge >= 0.3 is 0 Å². The van der Waals surface area contributed by atoms with E-state index in [1.165, 1.54) is 6.42 Å². The van der Waals surface area contributed by atoms with E-state index < -0.39 is 0 Å². The molecule has 3 heteroatoms. The van der Waals surface area contributed by atoms with Gasteiger partial charge in [0.15, 0.2) is 0 Å². The quantitative estimate of drug-likeness (QED) is 0.873. The van der Waals surface area contributed by atoms with Gasteiger partial charge in [0.05, 0.1) is 0 Å². The Balaban J connectivity index is 2.08. The fourth-order valence-corrected chi connectivity index (χ4v) is 2.93. The second-order valence-corrected chi connectivity index (χ2v) is 5.69. The first-order valence-electron chi connectivity index (χ1n) is 7.22. The van der Waals surface area contributed by atoms with Crippen molar-refractivity contribution in [2.45, 2.75) is 39.2 Å². The number of nitrogens with two attached hydrogens (primary N) is 1. The molecule has 1 aliphatic carbocycles. The summed E-state index contributed by atoms with van der Waals surface area (Å²) in [5, 5.41) is 3.19. The Morgan fingerprint density at radius 3 is 2.68 bits per heavy atom. The molecule has 3 atom stereocenters. The predicted molar refractivity (Wildman–Crippen MR) is 78.0 cm³/mol. The maximum absolute atomic E-state index is 12.4. The van der Waals surface area contributed by atoms with Crippen LogP contribution in [0.2, 0.25) is 0 Å². The van der Waals surface area contributed by atoms with Crippen molar-refractivity contribution in [2.24, 2.45) is 17.6 Å². The smallest absolute Gasteiger partial charge is 0.251 e. The summed E-state index contributed by atoms with van der Waals surface area (Å²) in [6.07, 6.45) is 3.05. The summed E-state index contributed by atoms with van der Waals surface area (Å²) in [5.41, 5.74) is 7.42. The number of rotatable bonds is 4. The van der Waals surface area contributed by atoms with Crippen molar-refractivity contribution in [1.82, 2.24) is 5.32 Å². The van der Waals surface area contributed by atoms with Gasteiger partial charge < -0.3 is 11.1 Å². The fourth-order valence-electron chi connectivity index (χ4n) is 2.93. The van der Waals surface area contributed by atoms with Crippen LogP contribution in [0.5, 0.6) is 0 Å². The standard InChI is InChI=1S/C16H24N2O/c1-11-7-8-15(12(11)2)18-16(19)14-6-4-3-5-13(14)9-10-17/h3-6,11-12,15H,7-10,17H2,1-2H3,(H,18,19). The zero-order valence-corrected chi connectivity index (χ0v) is 11.9. The van der Waals surface area contributed by atoms with Gasteiger partial charge in [0.1, 0.15) is 0 Å². The lowest BCUT2D eigenvalue weighted by atomic mass is 9.97. The highest BCUT2D eigenvalue weighted by atomic mass is 16.1. The lowest BCUT2D eigenvalue weighted by molar-refractivity contribution is 0.0926. The van der Waals surface area contributed by atoms with Crippen LogP contribution in [-0.2, 0) is 6.42 Å². The van der Waals surface area contributed by atoms with E-state index in [-0.39, 0.29) is 5.91 Å². The van der Waals surface area contributed by atoms with Crippen molar-refractivity contribution >= 4 is 5.91 Å². The van der Waals surface area contributed by atoms with Crippen molar-refractivity contribution in [1.29, 1.82) is 0 Å². The van der Waals surface area contributed by atoms with Crippen LogP contribution >= 0.6 is 0 Å². The molecule has 1 amide bonds. The van der Waals surface area contributed by atoms with Gasteiger partial charge in [-0.25, -0.2) is 0 Å². The first-order valence-corrected chi connectivity index (χ1v) is 7.22. The molecular formula is C16H24N2O. The van der Waals surface area contributed by atoms with Crippen molar-refractivity contribution in [3.05, 3.63) is 35.4 Å². The summed E-state index contributed by atoms with van der Waals surface area (Å²) in [7, 11) is 0. The Morgan fingerprint density at radius 1 is 1.32 bits per heavy atom. The maximum Gasteiger partial charge on any atom is 0.251 e. The van der Waals surface area contributed by atoms with E-state index in [0.717, 1.165) is 24.0 Å². The monoisotopic (exact) mass is 260 g/mol. The van der Waals surface area contributed by atoms with Gasteiger partial charge in [-0.1, -0.05) is 32.0 Å². The number of carbonyl (C=O) groups is 1. The highest BCUT2D eigenvalue weighted by Gasteiger charge is 2.31. The van der Waals surface area contributed by atoms with E-state index >= 15 is 0 Å². The SMILES string of the molecule is CC1CCC(NC(=O)c2ccccc2CCN)C1C. The van der Waals surface area contributed by atoms with E-state index in [2.05, 4.69) is 19.2 Å². The molecule has 1 aliphatic rings. The Morgan fingerprint density at radius 2 is 2.05 bits per heavy atom. The van der Waals surface area contributed by atoms with Gasteiger partial charge in [-0.05, 0) is 49.3 Å². The molecule has 1 aromatic rings. The second-order valence-electron chi connectivity index (χ2n) is 5.69. The average molecular weight is 260 g/mol. The molecule has 0 heterocycles. The summed E-state index contributed by atoms with van der Waals surface area (Å²) in [4.78, 5) is 12.4. The third kappa shape index (κ3) is 3.16. The third-order valence-corrected chi connectivity index (χ3v) is 4.46. The van der Waals surface area contributed by atoms with Crippen LogP contribution in [-0.4, -0.2) is 18.5 Å². The lowest BCUT2D eigenvalue weighted by Crippen LogP contribution is -2.37. The summed E-state index contributed by atoms with van der Waals surface area (Å²) >= 11 is 0. The average Bonchev–Trinajstić information content (AvgIpc) is 2.72. The van der Waals surface area contributed by atoms with Crippen molar-refractivity contribution in [3.8, 4) is 0 Å². The van der Waals surface area contributed by atoms with Crippen molar-refractivity contribution in [2.75, 3.05) is 6.54 Å². The Bertz CT molecular complexity index is 444. The highest BCUT2D eigenvalue weighted by molar-refractivity contribution is 5.95. The van der Waals surface area contributed by atoms with Crippen LogP contribution in [0.4, 0.5) is 0 Å². The molecule has 3 unspecified atom stereocenters. The van der Waals surface area contributed by atoms with Gasteiger partial charge in [0, 0.05) is 11.6 Å². The predicted octanol–water partition coefficient (Wildman–Crippen LogP) is 2.35. The molecule has 104 valence electrons. The van der Waals surface area contributed by atoms with Crippen molar-refractivity contribution in [3.63, 3.8) is 0 Å². The molecular weight excluding hydrogens is 236 g/mol. The lowest BCUT2D eigenvalue weighted by Gasteiger charge is -2.20. The van der Waals surface area contributed by atoms with Gasteiger partial charge in [-0.2, -0.15) is 0 Å². The Kier molecular flexibility index (Phi) is 4.59. The zero-order valence-electron chi connectivity index (χ0n) is 11.9. The molecule has 0 saturated heterocycles. The summed E-state index contributed by atoms with van der Waals surface area (Å²) in [5.74, 6) is 1.31. The van der Waals surface area contributed by atoms with Gasteiger partial charge in [0.2, 0.25) is 0 Å². The van der Waals surface area contributed by atoms with Gasteiger partial charge in [-0.3, -0.25) is 4.79 Å². The number of amides is 1. The van der Waals surface area contributed by atoms with Crippen LogP contribution in [0.25, 0.3) is 0 Å². The Hall–Kier alpha value is -1.35. The topological polar surface area (TPSA) is 55.1 Å². The molecule has 0 aromatic heterocycles. The number of hydrogen-bond acceptors (Lipinski definition) is 2. The maximum atomic E-state index is 12.4. The number of carbonyl (C=O) groups excluding carboxylic acids is 1. The van der Waals surface area contributed by atoms with Gasteiger partial charge in [0.25, 0.3) is 5.91 Å². The third-order valence-electron chi connectivity index (χ3n) is 4.46. The minimum atomic E-state index is 0.0509. The van der Waals surface area contributed by atoms with Crippen LogP contribution in [0.15, 0.2) is 24.3 Å². The van der Waals surface area contributed by atoms with E-state index in [1.807, 2.05) is 24.3 Å². The normalized spacial score (nSPS) is 26.4. The first kappa shape index (κ1) is 14.1. The summed E-state index contributed by atoms with van der Waals surface area (Å²) < 4.78 is 0. The molecule has 2 rings (SSSR count). The summed E-state index contributed by atoms with van der Waals surface area (Å²) in [6.45, 7) is 5.06. The molecule has 19 heavy (non-hydrogen) atoms. The minimum Gasteiger partial charge on any atom is -0.349 e. The number of benzene rings is 1. The molecule has 1 fully saturated rings. The van der Waals surface area contributed by atoms with Gasteiger partial charge in [-0.15, -0.1) is 0 Å². The molecule has 0 bridgehead atoms. The van der Waals surface area contributed by atoms with Crippen LogP contribution in [0.1, 0.15) is 42.6 Å². The summed E-state index contributed by atoms with van der Waals surface area (Å²) in [6, 6.07) is 8.07. The largest absolute Gasteiger partial charge is 0.349 e. The molecule has 0 spiro atoms. The van der Waals surface area contributed by atoms with Crippen LogP contribution in [0.3, 0.4) is 0 Å². The number of hydrogen-bond donors (Lipinski definition) is 2. The minimum absolute atomic E-state index is 0.0509. The molecule has 1 saturated carbocycles. The van der Waals surface area contributed by atoms with Crippen LogP contribution in [0, 0.1) is 11.8 Å². The molecule has 0 radical (unpaired) electrons. The van der Waals surface area contributed by atoms with Crippen molar-refractivity contribution < 1.29 is 4.79 Å². The molecule has 3 N–H and O–H groups in total. The van der Waals surface area contributed by atoms with E-state index in [4.69, 9.17) is 5.73 Å². The zero-order chi connectivity index (χ0) is 13.8. The van der Waals surface area contributed by atoms with E-state index in [0.29, 0.717) is 24.4 Å². The first-order chi connectivity index (χ1) is 9.13. The molecule has 1 aromatic carbocycles. The molecule has 0 aliphatic heterocycles. The molecule has 3 nitrogen and oxygen atoms in total. The van der Waals surface area contributed by atoms with E-state index in [9.17, 15) is 4.79 Å².